The summed E-state index contributed by atoms with van der Waals surface area (Å²) in [6, 6.07) is 7.15. The molecule has 1 fully saturated rings. The van der Waals surface area contributed by atoms with Crippen molar-refractivity contribution in [2.24, 2.45) is 5.73 Å². The Hall–Kier alpha value is -1.93. The molecule has 1 aliphatic rings. The molecule has 1 saturated heterocycles. The lowest BCUT2D eigenvalue weighted by Crippen LogP contribution is -2.45. The summed E-state index contributed by atoms with van der Waals surface area (Å²) in [5.74, 6) is 1.34. The van der Waals surface area contributed by atoms with Crippen molar-refractivity contribution < 1.29 is 17.7 Å². The lowest BCUT2D eigenvalue weighted by Gasteiger charge is -2.27. The third-order valence-corrected chi connectivity index (χ3v) is 4.70. The summed E-state index contributed by atoms with van der Waals surface area (Å²) >= 11 is 0. The minimum atomic E-state index is -2.92. The first kappa shape index (κ1) is 13.1. The van der Waals surface area contributed by atoms with Crippen molar-refractivity contribution in [3.05, 3.63) is 30.2 Å². The Morgan fingerprint density at radius 1 is 1.35 bits per heavy atom. The minimum Gasteiger partial charge on any atom is -0.488 e. The molecule has 0 amide bonds. The number of aromatic nitrogens is 2. The Bertz CT molecular complexity index is 714. The van der Waals surface area contributed by atoms with Gasteiger partial charge in [-0.1, -0.05) is 17.3 Å². The zero-order chi connectivity index (χ0) is 14.2. The topological polar surface area (TPSA) is 108 Å². The van der Waals surface area contributed by atoms with E-state index >= 15 is 0 Å². The number of benzene rings is 1. The van der Waals surface area contributed by atoms with E-state index in [4.69, 9.17) is 15.0 Å². The van der Waals surface area contributed by atoms with Crippen molar-refractivity contribution in [2.45, 2.75) is 12.6 Å². The van der Waals surface area contributed by atoms with Gasteiger partial charge in [0.1, 0.15) is 11.9 Å². The predicted molar refractivity (Wildman–Crippen MR) is 70.7 cm³/mol. The van der Waals surface area contributed by atoms with Gasteiger partial charge in [-0.05, 0) is 12.1 Å². The van der Waals surface area contributed by atoms with Crippen LogP contribution in [-0.4, -0.2) is 36.2 Å². The first-order valence-corrected chi connectivity index (χ1v) is 7.89. The van der Waals surface area contributed by atoms with E-state index < -0.39 is 9.84 Å². The molecule has 0 radical (unpaired) electrons. The van der Waals surface area contributed by atoms with Gasteiger partial charge in [0.25, 0.3) is 0 Å². The fourth-order valence-electron chi connectivity index (χ4n) is 1.97. The Kier molecular flexibility index (Phi) is 3.19. The fraction of sp³-hybridized carbons (Fsp3) is 0.333. The van der Waals surface area contributed by atoms with Crippen LogP contribution in [0.25, 0.3) is 11.4 Å². The predicted octanol–water partition coefficient (Wildman–Crippen LogP) is 0.371. The molecule has 0 bridgehead atoms. The lowest BCUT2D eigenvalue weighted by atomic mass is 10.2. The second-order valence-electron chi connectivity index (χ2n) is 4.53. The van der Waals surface area contributed by atoms with E-state index in [0.29, 0.717) is 23.0 Å². The van der Waals surface area contributed by atoms with Gasteiger partial charge in [0.05, 0.1) is 23.6 Å². The van der Waals surface area contributed by atoms with E-state index in [9.17, 15) is 8.42 Å². The Morgan fingerprint density at radius 2 is 2.10 bits per heavy atom. The van der Waals surface area contributed by atoms with Crippen molar-refractivity contribution in [1.82, 2.24) is 10.1 Å². The average Bonchev–Trinajstić information content (AvgIpc) is 2.86. The molecule has 1 aromatic heterocycles. The molecule has 0 saturated carbocycles. The lowest BCUT2D eigenvalue weighted by molar-refractivity contribution is 0.231. The summed E-state index contributed by atoms with van der Waals surface area (Å²) in [6.07, 6.45) is -0.318. The van der Waals surface area contributed by atoms with Crippen LogP contribution in [0.5, 0.6) is 5.75 Å². The highest BCUT2D eigenvalue weighted by atomic mass is 32.2. The summed E-state index contributed by atoms with van der Waals surface area (Å²) in [5.41, 5.74) is 6.08. The summed E-state index contributed by atoms with van der Waals surface area (Å²) in [5, 5.41) is 3.83. The third-order valence-electron chi connectivity index (χ3n) is 2.94. The van der Waals surface area contributed by atoms with Crippen LogP contribution in [0, 0.1) is 0 Å². The van der Waals surface area contributed by atoms with Gasteiger partial charge >= 0.3 is 0 Å². The zero-order valence-corrected chi connectivity index (χ0v) is 11.3. The van der Waals surface area contributed by atoms with Crippen molar-refractivity contribution >= 4 is 9.84 Å². The van der Waals surface area contributed by atoms with Crippen LogP contribution in [0.1, 0.15) is 5.89 Å². The first-order chi connectivity index (χ1) is 9.57. The Morgan fingerprint density at radius 3 is 2.75 bits per heavy atom. The summed E-state index contributed by atoms with van der Waals surface area (Å²) in [7, 11) is -2.92. The molecule has 2 heterocycles. The van der Waals surface area contributed by atoms with Crippen molar-refractivity contribution in [1.29, 1.82) is 0 Å². The van der Waals surface area contributed by atoms with Gasteiger partial charge in [-0.2, -0.15) is 4.98 Å². The van der Waals surface area contributed by atoms with Gasteiger partial charge < -0.3 is 15.0 Å². The second kappa shape index (κ2) is 4.88. The molecule has 3 rings (SSSR count). The number of hydrogen-bond acceptors (Lipinski definition) is 7. The average molecular weight is 295 g/mol. The molecule has 20 heavy (non-hydrogen) atoms. The van der Waals surface area contributed by atoms with Crippen molar-refractivity contribution in [2.75, 3.05) is 11.5 Å². The van der Waals surface area contributed by atoms with Crippen molar-refractivity contribution in [3.63, 3.8) is 0 Å². The standard InChI is InChI=1S/C12H13N3O4S/c13-5-11-14-12(15-19-11)9-3-1-2-4-10(9)18-8-6-20(16,17)7-8/h1-4,8H,5-7,13H2. The molecule has 2 aromatic rings. The number of nitrogens with two attached hydrogens (primary N) is 1. The first-order valence-electron chi connectivity index (χ1n) is 6.06. The van der Waals surface area contributed by atoms with E-state index in [1.165, 1.54) is 0 Å². The number of ether oxygens (including phenoxy) is 1. The highest BCUT2D eigenvalue weighted by Crippen LogP contribution is 2.30. The highest BCUT2D eigenvalue weighted by molar-refractivity contribution is 7.92. The minimum absolute atomic E-state index is 0.0433. The van der Waals surface area contributed by atoms with E-state index in [0.717, 1.165) is 0 Å². The maximum absolute atomic E-state index is 11.2. The van der Waals surface area contributed by atoms with E-state index in [2.05, 4.69) is 10.1 Å². The maximum atomic E-state index is 11.2. The molecule has 106 valence electrons. The van der Waals surface area contributed by atoms with E-state index in [1.807, 2.05) is 6.07 Å². The Labute approximate surface area is 115 Å². The molecule has 1 aromatic carbocycles. The van der Waals surface area contributed by atoms with E-state index in [1.54, 1.807) is 18.2 Å². The molecule has 8 heteroatoms. The van der Waals surface area contributed by atoms with Gasteiger partial charge in [-0.25, -0.2) is 8.42 Å². The van der Waals surface area contributed by atoms with Crippen molar-refractivity contribution in [3.8, 4) is 17.1 Å². The normalized spacial score (nSPS) is 17.6. The largest absolute Gasteiger partial charge is 0.488 e. The van der Waals surface area contributed by atoms with Gasteiger partial charge in [0.2, 0.25) is 11.7 Å². The number of hydrogen-bond donors (Lipinski definition) is 1. The zero-order valence-electron chi connectivity index (χ0n) is 10.5. The Balaban J connectivity index is 1.85. The number of rotatable bonds is 4. The summed E-state index contributed by atoms with van der Waals surface area (Å²) in [6.45, 7) is 0.164. The number of para-hydroxylation sites is 1. The maximum Gasteiger partial charge on any atom is 0.240 e. The van der Waals surface area contributed by atoms with Crippen LogP contribution in [0.3, 0.4) is 0 Å². The molecule has 7 nitrogen and oxygen atoms in total. The summed E-state index contributed by atoms with van der Waals surface area (Å²) in [4.78, 5) is 4.14. The molecule has 0 unspecified atom stereocenters. The molecular formula is C12H13N3O4S. The van der Waals surface area contributed by atoms with Crippen LogP contribution in [0.2, 0.25) is 0 Å². The number of sulfone groups is 1. The smallest absolute Gasteiger partial charge is 0.240 e. The fourth-order valence-corrected chi connectivity index (χ4v) is 3.14. The molecule has 0 spiro atoms. The SMILES string of the molecule is NCc1nc(-c2ccccc2OC2CS(=O)(=O)C2)no1. The molecule has 2 N–H and O–H groups in total. The molecule has 0 aliphatic carbocycles. The van der Waals surface area contributed by atoms with E-state index in [-0.39, 0.29) is 24.2 Å². The van der Waals surface area contributed by atoms with Crippen LogP contribution in [0.4, 0.5) is 0 Å². The van der Waals surface area contributed by atoms with Gasteiger partial charge in [0.15, 0.2) is 9.84 Å². The van der Waals surface area contributed by atoms with Crippen LogP contribution in [-0.2, 0) is 16.4 Å². The van der Waals surface area contributed by atoms with Crippen LogP contribution >= 0.6 is 0 Å². The second-order valence-corrected chi connectivity index (χ2v) is 6.68. The monoisotopic (exact) mass is 295 g/mol. The quantitative estimate of drug-likeness (QED) is 0.868. The van der Waals surface area contributed by atoms with Gasteiger partial charge in [-0.3, -0.25) is 0 Å². The number of nitrogens with zero attached hydrogens (tertiary/aromatic N) is 2. The molecule has 0 atom stereocenters. The van der Waals surface area contributed by atoms with Gasteiger partial charge in [-0.15, -0.1) is 0 Å². The third kappa shape index (κ3) is 2.52. The van der Waals surface area contributed by atoms with Crippen LogP contribution in [0.15, 0.2) is 28.8 Å². The van der Waals surface area contributed by atoms with Crippen LogP contribution < -0.4 is 10.5 Å². The molecular weight excluding hydrogens is 282 g/mol. The van der Waals surface area contributed by atoms with Gasteiger partial charge in [0, 0.05) is 0 Å². The summed E-state index contributed by atoms with van der Waals surface area (Å²) < 4.78 is 32.9. The molecule has 1 aliphatic heterocycles. The highest BCUT2D eigenvalue weighted by Gasteiger charge is 2.35.